The zero-order valence-corrected chi connectivity index (χ0v) is 15.8. The van der Waals surface area contributed by atoms with Gasteiger partial charge in [0.05, 0.1) is 11.6 Å². The van der Waals surface area contributed by atoms with E-state index in [0.29, 0.717) is 10.9 Å². The van der Waals surface area contributed by atoms with Gasteiger partial charge in [0.2, 0.25) is 0 Å². The number of hydrogen-bond acceptors (Lipinski definition) is 5. The molecule has 0 atom stereocenters. The monoisotopic (exact) mass is 362 g/mol. The van der Waals surface area contributed by atoms with Crippen molar-refractivity contribution in [1.29, 1.82) is 0 Å². The third-order valence-electron chi connectivity index (χ3n) is 3.95. The molecule has 1 fully saturated rings. The number of allylic oxidation sites excluding steroid dienone is 2. The molecule has 0 unspecified atom stereocenters. The number of rotatable bonds is 3. The fraction of sp³-hybridized carbons (Fsp3) is 0.294. The summed E-state index contributed by atoms with van der Waals surface area (Å²) in [5.41, 5.74) is 2.31. The predicted molar refractivity (Wildman–Crippen MR) is 103 cm³/mol. The minimum Gasteiger partial charge on any atom is -0.338 e. The van der Waals surface area contributed by atoms with Crippen LogP contribution in [0.2, 0.25) is 0 Å². The fourth-order valence-corrected chi connectivity index (χ4v) is 5.17. The highest BCUT2D eigenvalue weighted by Gasteiger charge is 2.38. The lowest BCUT2D eigenvalue weighted by Crippen LogP contribution is -2.28. The molecule has 0 aromatic heterocycles. The van der Waals surface area contributed by atoms with Gasteiger partial charge in [0, 0.05) is 17.1 Å². The third kappa shape index (κ3) is 3.07. The summed E-state index contributed by atoms with van der Waals surface area (Å²) in [4.78, 5) is 18.8. The van der Waals surface area contributed by atoms with Gasteiger partial charge in [-0.3, -0.25) is 9.69 Å². The van der Waals surface area contributed by atoms with Crippen molar-refractivity contribution in [3.8, 4) is 0 Å². The van der Waals surface area contributed by atoms with Crippen LogP contribution in [-0.2, 0) is 11.3 Å². The lowest BCUT2D eigenvalue weighted by molar-refractivity contribution is -0.122. The molecule has 0 saturated carbocycles. The lowest BCUT2D eigenvalue weighted by Gasteiger charge is -2.20. The Labute approximate surface area is 150 Å². The molecule has 120 valence electrons. The maximum absolute atomic E-state index is 12.9. The third-order valence-corrected chi connectivity index (χ3v) is 6.74. The molecule has 0 spiro atoms. The van der Waals surface area contributed by atoms with Crippen molar-refractivity contribution >= 4 is 46.0 Å². The van der Waals surface area contributed by atoms with E-state index in [0.717, 1.165) is 22.0 Å². The number of amides is 1. The van der Waals surface area contributed by atoms with Crippen molar-refractivity contribution < 1.29 is 4.79 Å². The Morgan fingerprint density at radius 3 is 2.43 bits per heavy atom. The highest BCUT2D eigenvalue weighted by Crippen LogP contribution is 2.47. The van der Waals surface area contributed by atoms with E-state index in [9.17, 15) is 4.79 Å². The number of benzene rings is 1. The van der Waals surface area contributed by atoms with E-state index >= 15 is 0 Å². The van der Waals surface area contributed by atoms with Crippen LogP contribution in [0.15, 0.2) is 50.9 Å². The van der Waals surface area contributed by atoms with Gasteiger partial charge in [-0.15, -0.1) is 0 Å². The molecule has 3 nitrogen and oxygen atoms in total. The van der Waals surface area contributed by atoms with E-state index in [1.165, 1.54) is 22.4 Å². The summed E-state index contributed by atoms with van der Waals surface area (Å²) in [6.45, 7) is 7.69. The van der Waals surface area contributed by atoms with E-state index in [-0.39, 0.29) is 5.91 Å². The molecule has 23 heavy (non-hydrogen) atoms. The smallest absolute Gasteiger partial charge is 0.269 e. The average Bonchev–Trinajstić information content (AvgIpc) is 2.99. The molecule has 2 aliphatic rings. The normalized spacial score (nSPS) is 21.9. The van der Waals surface area contributed by atoms with Gasteiger partial charge in [0.25, 0.3) is 5.91 Å². The first kappa shape index (κ1) is 16.6. The molecule has 1 saturated heterocycles. The SMILES string of the molecule is CCN1C(C)=C(C)S/C1=C1\SC(=S)N(Cc2ccccc2)C1=O. The minimum absolute atomic E-state index is 0.0207. The highest BCUT2D eigenvalue weighted by molar-refractivity contribution is 8.27. The fourth-order valence-electron chi connectivity index (χ4n) is 2.60. The molecule has 0 N–H and O–H groups in total. The first-order valence-corrected chi connectivity index (χ1v) is 9.51. The molecule has 0 radical (unpaired) electrons. The maximum atomic E-state index is 12.9. The summed E-state index contributed by atoms with van der Waals surface area (Å²) in [7, 11) is 0. The second-order valence-corrected chi connectivity index (χ2v) is 8.21. The molecule has 3 rings (SSSR count). The van der Waals surface area contributed by atoms with Gasteiger partial charge in [-0.1, -0.05) is 66.1 Å². The molecule has 2 aliphatic heterocycles. The van der Waals surface area contributed by atoms with Crippen LogP contribution in [0.5, 0.6) is 0 Å². The van der Waals surface area contributed by atoms with Gasteiger partial charge in [-0.05, 0) is 26.3 Å². The van der Waals surface area contributed by atoms with Crippen molar-refractivity contribution in [2.24, 2.45) is 0 Å². The Morgan fingerprint density at radius 1 is 1.09 bits per heavy atom. The van der Waals surface area contributed by atoms with Crippen LogP contribution in [-0.4, -0.2) is 26.6 Å². The van der Waals surface area contributed by atoms with Gasteiger partial charge in [0.15, 0.2) is 0 Å². The van der Waals surface area contributed by atoms with Crippen LogP contribution in [0, 0.1) is 0 Å². The summed E-state index contributed by atoms with van der Waals surface area (Å²) in [6, 6.07) is 9.97. The first-order valence-electron chi connectivity index (χ1n) is 7.47. The van der Waals surface area contributed by atoms with Crippen LogP contribution < -0.4 is 0 Å². The van der Waals surface area contributed by atoms with Crippen LogP contribution in [0.1, 0.15) is 26.3 Å². The lowest BCUT2D eigenvalue weighted by atomic mass is 10.2. The van der Waals surface area contributed by atoms with Crippen LogP contribution >= 0.6 is 35.7 Å². The number of hydrogen-bond donors (Lipinski definition) is 0. The molecular weight excluding hydrogens is 344 g/mol. The van der Waals surface area contributed by atoms with Gasteiger partial charge in [-0.2, -0.15) is 0 Å². The predicted octanol–water partition coefficient (Wildman–Crippen LogP) is 4.54. The summed E-state index contributed by atoms with van der Waals surface area (Å²) >= 11 is 8.55. The van der Waals surface area contributed by atoms with Crippen molar-refractivity contribution in [2.75, 3.05) is 6.54 Å². The average molecular weight is 363 g/mol. The quantitative estimate of drug-likeness (QED) is 0.580. The van der Waals surface area contributed by atoms with Gasteiger partial charge in [-0.25, -0.2) is 0 Å². The van der Waals surface area contributed by atoms with Gasteiger partial charge >= 0.3 is 0 Å². The Hall–Kier alpha value is -1.24. The van der Waals surface area contributed by atoms with Crippen LogP contribution in [0.3, 0.4) is 0 Å². The summed E-state index contributed by atoms with van der Waals surface area (Å²) < 4.78 is 0.639. The van der Waals surface area contributed by atoms with E-state index < -0.39 is 0 Å². The zero-order valence-electron chi connectivity index (χ0n) is 13.3. The van der Waals surface area contributed by atoms with Gasteiger partial charge < -0.3 is 4.90 Å². The molecule has 0 bridgehead atoms. The standard InChI is InChI=1S/C17H18N2OS3/c1-4-18-11(2)12(3)22-16(18)14-15(20)19(17(21)23-14)10-13-8-6-5-7-9-13/h5-9H,4,10H2,1-3H3/b16-14-. The van der Waals surface area contributed by atoms with E-state index in [1.807, 2.05) is 30.3 Å². The number of carbonyl (C=O) groups excluding carboxylic acids is 1. The van der Waals surface area contributed by atoms with Crippen LogP contribution in [0.25, 0.3) is 0 Å². The molecular formula is C17H18N2OS3. The Balaban J connectivity index is 1.88. The second-order valence-electron chi connectivity index (χ2n) is 5.37. The van der Waals surface area contributed by atoms with Crippen molar-refractivity contribution in [1.82, 2.24) is 9.80 Å². The largest absolute Gasteiger partial charge is 0.338 e. The first-order chi connectivity index (χ1) is 11.0. The topological polar surface area (TPSA) is 23.6 Å². The minimum atomic E-state index is 0.0207. The molecule has 6 heteroatoms. The van der Waals surface area contributed by atoms with Gasteiger partial charge in [0.1, 0.15) is 9.23 Å². The summed E-state index contributed by atoms with van der Waals surface area (Å²) in [6.07, 6.45) is 0. The maximum Gasteiger partial charge on any atom is 0.269 e. The molecule has 1 amide bonds. The van der Waals surface area contributed by atoms with Crippen molar-refractivity contribution in [3.05, 3.63) is 56.4 Å². The Bertz CT molecular complexity index is 725. The summed E-state index contributed by atoms with van der Waals surface area (Å²) in [5, 5.41) is 1.02. The number of thioether (sulfide) groups is 2. The van der Waals surface area contributed by atoms with E-state index in [2.05, 4.69) is 25.7 Å². The number of thiocarbonyl (C=S) groups is 1. The Morgan fingerprint density at radius 2 is 1.78 bits per heavy atom. The number of nitrogens with zero attached hydrogens (tertiary/aromatic N) is 2. The van der Waals surface area contributed by atoms with Crippen molar-refractivity contribution in [3.63, 3.8) is 0 Å². The van der Waals surface area contributed by atoms with Crippen molar-refractivity contribution in [2.45, 2.75) is 27.3 Å². The molecule has 2 heterocycles. The number of carbonyl (C=O) groups is 1. The second kappa shape index (κ2) is 6.71. The summed E-state index contributed by atoms with van der Waals surface area (Å²) in [5.74, 6) is 0.0207. The van der Waals surface area contributed by atoms with E-state index in [4.69, 9.17) is 12.2 Å². The molecule has 1 aromatic carbocycles. The zero-order chi connectivity index (χ0) is 16.6. The molecule has 0 aliphatic carbocycles. The highest BCUT2D eigenvalue weighted by atomic mass is 32.2. The molecule has 1 aromatic rings. The Kier molecular flexibility index (Phi) is 4.85. The van der Waals surface area contributed by atoms with E-state index in [1.54, 1.807) is 16.7 Å². The van der Waals surface area contributed by atoms with Crippen LogP contribution in [0.4, 0.5) is 0 Å².